The Labute approximate surface area is 143 Å². The Bertz CT molecular complexity index is 601. The molecule has 0 unspecified atom stereocenters. The van der Waals surface area contributed by atoms with E-state index in [9.17, 15) is 9.59 Å². The maximum Gasteiger partial charge on any atom is 0.313 e. The third-order valence-electron chi connectivity index (χ3n) is 4.42. The van der Waals surface area contributed by atoms with Crippen molar-refractivity contribution in [1.29, 1.82) is 0 Å². The van der Waals surface area contributed by atoms with E-state index >= 15 is 0 Å². The van der Waals surface area contributed by atoms with E-state index in [1.54, 1.807) is 24.1 Å². The predicted molar refractivity (Wildman–Crippen MR) is 94.3 cm³/mol. The zero-order chi connectivity index (χ0) is 17.7. The monoisotopic (exact) mass is 333 g/mol. The third kappa shape index (κ3) is 4.47. The number of ether oxygens (including phenoxy) is 1. The normalized spacial score (nSPS) is 16.0. The molecule has 1 aromatic rings. The van der Waals surface area contributed by atoms with Crippen LogP contribution in [0.2, 0.25) is 0 Å². The number of carbonyl (C=O) groups is 2. The first-order valence-electron chi connectivity index (χ1n) is 8.41. The number of rotatable bonds is 3. The Morgan fingerprint density at radius 2 is 1.92 bits per heavy atom. The van der Waals surface area contributed by atoms with Crippen molar-refractivity contribution in [1.82, 2.24) is 9.80 Å². The number of nitrogens with one attached hydrogen (secondary N) is 1. The highest BCUT2D eigenvalue weighted by Gasteiger charge is 2.25. The molecule has 24 heavy (non-hydrogen) atoms. The van der Waals surface area contributed by atoms with Gasteiger partial charge in [-0.25, -0.2) is 0 Å². The lowest BCUT2D eigenvalue weighted by Crippen LogP contribution is -2.42. The Balaban J connectivity index is 1.98. The summed E-state index contributed by atoms with van der Waals surface area (Å²) in [6.07, 6.45) is 0.888. The molecule has 1 heterocycles. The van der Waals surface area contributed by atoms with Crippen LogP contribution in [0.25, 0.3) is 0 Å². The lowest BCUT2D eigenvalue weighted by Gasteiger charge is -2.24. The van der Waals surface area contributed by atoms with E-state index in [2.05, 4.69) is 24.1 Å². The molecule has 1 N–H and O–H groups in total. The summed E-state index contributed by atoms with van der Waals surface area (Å²) in [6.45, 7) is 9.14. The molecule has 0 spiro atoms. The van der Waals surface area contributed by atoms with E-state index in [0.717, 1.165) is 30.8 Å². The fourth-order valence-corrected chi connectivity index (χ4v) is 2.88. The summed E-state index contributed by atoms with van der Waals surface area (Å²) in [7, 11) is 1.59. The van der Waals surface area contributed by atoms with Gasteiger partial charge in [0.1, 0.15) is 5.75 Å². The van der Waals surface area contributed by atoms with Crippen LogP contribution in [0.15, 0.2) is 18.2 Å². The fraction of sp³-hybridized carbons (Fsp3) is 0.556. The first kappa shape index (κ1) is 18.3. The molecule has 0 saturated carbocycles. The van der Waals surface area contributed by atoms with Gasteiger partial charge in [-0.1, -0.05) is 0 Å². The topological polar surface area (TPSA) is 61.9 Å². The van der Waals surface area contributed by atoms with Gasteiger partial charge in [0.05, 0.1) is 7.11 Å². The van der Waals surface area contributed by atoms with E-state index in [0.29, 0.717) is 24.8 Å². The SMILES string of the molecule is COc1ccc(NC(=O)C(=O)N2CCCN(C(C)C)CC2)c(C)c1. The molecule has 0 bridgehead atoms. The second-order valence-electron chi connectivity index (χ2n) is 6.41. The van der Waals surface area contributed by atoms with Gasteiger partial charge in [-0.15, -0.1) is 0 Å². The van der Waals surface area contributed by atoms with Crippen molar-refractivity contribution < 1.29 is 14.3 Å². The van der Waals surface area contributed by atoms with E-state index < -0.39 is 11.8 Å². The van der Waals surface area contributed by atoms with Crippen LogP contribution in [0.5, 0.6) is 5.75 Å². The summed E-state index contributed by atoms with van der Waals surface area (Å²) in [5.41, 5.74) is 1.49. The second-order valence-corrected chi connectivity index (χ2v) is 6.41. The molecule has 0 atom stereocenters. The van der Waals surface area contributed by atoms with Crippen LogP contribution in [-0.2, 0) is 9.59 Å². The molecule has 1 aliphatic heterocycles. The van der Waals surface area contributed by atoms with Gasteiger partial charge >= 0.3 is 11.8 Å². The molecule has 6 nitrogen and oxygen atoms in total. The average Bonchev–Trinajstić information content (AvgIpc) is 2.82. The van der Waals surface area contributed by atoms with Crippen molar-refractivity contribution in [2.45, 2.75) is 33.2 Å². The maximum atomic E-state index is 12.4. The van der Waals surface area contributed by atoms with Crippen LogP contribution in [0.1, 0.15) is 25.8 Å². The number of hydrogen-bond acceptors (Lipinski definition) is 4. The van der Waals surface area contributed by atoms with Crippen molar-refractivity contribution in [3.63, 3.8) is 0 Å². The molecule has 0 radical (unpaired) electrons. The molecule has 2 rings (SSSR count). The van der Waals surface area contributed by atoms with Crippen LogP contribution >= 0.6 is 0 Å². The van der Waals surface area contributed by atoms with E-state index in [1.807, 2.05) is 13.0 Å². The Morgan fingerprint density at radius 1 is 1.17 bits per heavy atom. The van der Waals surface area contributed by atoms with Crippen molar-refractivity contribution in [3.05, 3.63) is 23.8 Å². The molecule has 6 heteroatoms. The summed E-state index contributed by atoms with van der Waals surface area (Å²) < 4.78 is 5.15. The largest absolute Gasteiger partial charge is 0.497 e. The van der Waals surface area contributed by atoms with Gasteiger partial charge in [0.2, 0.25) is 0 Å². The summed E-state index contributed by atoms with van der Waals surface area (Å²) in [5, 5.41) is 2.71. The van der Waals surface area contributed by atoms with Gasteiger partial charge in [0, 0.05) is 37.9 Å². The quantitative estimate of drug-likeness (QED) is 0.858. The molecule has 1 aromatic carbocycles. The Morgan fingerprint density at radius 3 is 2.54 bits per heavy atom. The maximum absolute atomic E-state index is 12.4. The van der Waals surface area contributed by atoms with Crippen molar-refractivity contribution >= 4 is 17.5 Å². The molecular weight excluding hydrogens is 306 g/mol. The lowest BCUT2D eigenvalue weighted by atomic mass is 10.2. The minimum Gasteiger partial charge on any atom is -0.497 e. The van der Waals surface area contributed by atoms with Gasteiger partial charge in [0.15, 0.2) is 0 Å². The minimum atomic E-state index is -0.582. The van der Waals surface area contributed by atoms with Crippen LogP contribution in [0.3, 0.4) is 0 Å². The van der Waals surface area contributed by atoms with Crippen LogP contribution in [0, 0.1) is 6.92 Å². The first-order valence-corrected chi connectivity index (χ1v) is 8.41. The highest BCUT2D eigenvalue weighted by Crippen LogP contribution is 2.21. The van der Waals surface area contributed by atoms with Crippen molar-refractivity contribution in [2.24, 2.45) is 0 Å². The fourth-order valence-electron chi connectivity index (χ4n) is 2.88. The number of aryl methyl sites for hydroxylation is 1. The van der Waals surface area contributed by atoms with Crippen LogP contribution < -0.4 is 10.1 Å². The molecule has 2 amide bonds. The molecule has 1 aliphatic rings. The molecule has 0 aliphatic carbocycles. The van der Waals surface area contributed by atoms with Gasteiger partial charge in [-0.2, -0.15) is 0 Å². The van der Waals surface area contributed by atoms with Gasteiger partial charge in [-0.3, -0.25) is 14.5 Å². The number of hydrogen-bond donors (Lipinski definition) is 1. The number of methoxy groups -OCH3 is 1. The number of anilines is 1. The molecule has 132 valence electrons. The standard InChI is InChI=1S/C18H27N3O3/c1-13(2)20-8-5-9-21(11-10-20)18(23)17(22)19-16-7-6-15(24-4)12-14(16)3/h6-7,12-13H,5,8-11H2,1-4H3,(H,19,22). The van der Waals surface area contributed by atoms with E-state index in [4.69, 9.17) is 4.74 Å². The highest BCUT2D eigenvalue weighted by molar-refractivity contribution is 6.39. The minimum absolute atomic E-state index is 0.454. The number of carbonyl (C=O) groups excluding carboxylic acids is 2. The van der Waals surface area contributed by atoms with E-state index in [1.165, 1.54) is 0 Å². The zero-order valence-electron chi connectivity index (χ0n) is 15.0. The summed E-state index contributed by atoms with van der Waals surface area (Å²) in [6, 6.07) is 5.80. The first-order chi connectivity index (χ1) is 11.4. The van der Waals surface area contributed by atoms with Crippen LogP contribution in [0.4, 0.5) is 5.69 Å². The smallest absolute Gasteiger partial charge is 0.313 e. The lowest BCUT2D eigenvalue weighted by molar-refractivity contribution is -0.143. The highest BCUT2D eigenvalue weighted by atomic mass is 16.5. The summed E-state index contributed by atoms with van der Waals surface area (Å²) in [4.78, 5) is 28.7. The summed E-state index contributed by atoms with van der Waals surface area (Å²) in [5.74, 6) is -0.324. The van der Waals surface area contributed by atoms with Crippen molar-refractivity contribution in [2.75, 3.05) is 38.6 Å². The Hall–Kier alpha value is -2.08. The van der Waals surface area contributed by atoms with E-state index in [-0.39, 0.29) is 0 Å². The van der Waals surface area contributed by atoms with Crippen LogP contribution in [-0.4, -0.2) is 60.9 Å². The third-order valence-corrected chi connectivity index (χ3v) is 4.42. The molecule has 0 aromatic heterocycles. The molecular formula is C18H27N3O3. The number of nitrogens with zero attached hydrogens (tertiary/aromatic N) is 2. The zero-order valence-corrected chi connectivity index (χ0v) is 15.0. The number of amides is 2. The average molecular weight is 333 g/mol. The molecule has 1 saturated heterocycles. The predicted octanol–water partition coefficient (Wildman–Crippen LogP) is 1.88. The van der Waals surface area contributed by atoms with Gasteiger partial charge in [0.25, 0.3) is 0 Å². The van der Waals surface area contributed by atoms with Crippen molar-refractivity contribution in [3.8, 4) is 5.75 Å². The van der Waals surface area contributed by atoms with Gasteiger partial charge in [-0.05, 0) is 51.0 Å². The Kier molecular flexibility index (Phi) is 6.20. The number of benzene rings is 1. The second kappa shape index (κ2) is 8.15. The van der Waals surface area contributed by atoms with Gasteiger partial charge < -0.3 is 15.0 Å². The summed E-state index contributed by atoms with van der Waals surface area (Å²) >= 11 is 0. The molecule has 1 fully saturated rings.